The first-order valence-electron chi connectivity index (χ1n) is 7.59. The molecule has 2 aromatic carbocycles. The van der Waals surface area contributed by atoms with E-state index in [1.807, 2.05) is 0 Å². The zero-order chi connectivity index (χ0) is 14.5. The van der Waals surface area contributed by atoms with Crippen molar-refractivity contribution in [2.24, 2.45) is 0 Å². The van der Waals surface area contributed by atoms with E-state index in [-0.39, 0.29) is 0 Å². The summed E-state index contributed by atoms with van der Waals surface area (Å²) in [6.45, 7) is 4.43. The van der Waals surface area contributed by atoms with Crippen LogP contribution in [0.2, 0.25) is 0 Å². The lowest BCUT2D eigenvalue weighted by molar-refractivity contribution is 0.331. The lowest BCUT2D eigenvalue weighted by Gasteiger charge is -2.15. The summed E-state index contributed by atoms with van der Waals surface area (Å²) >= 11 is 3.47. The molecule has 3 heteroatoms. The molecule has 0 bridgehead atoms. The van der Waals surface area contributed by atoms with Gasteiger partial charge in [-0.2, -0.15) is 0 Å². The highest BCUT2D eigenvalue weighted by Gasteiger charge is 2.11. The molecule has 1 saturated heterocycles. The number of halogens is 1. The fourth-order valence-corrected chi connectivity index (χ4v) is 3.05. The van der Waals surface area contributed by atoms with Crippen molar-refractivity contribution in [3.63, 3.8) is 0 Å². The summed E-state index contributed by atoms with van der Waals surface area (Å²) in [6, 6.07) is 17.2. The van der Waals surface area contributed by atoms with Gasteiger partial charge in [-0.3, -0.25) is 4.90 Å². The van der Waals surface area contributed by atoms with Crippen molar-refractivity contribution in [3.05, 3.63) is 64.1 Å². The topological polar surface area (TPSA) is 15.3 Å². The van der Waals surface area contributed by atoms with Gasteiger partial charge in [0.1, 0.15) is 0 Å². The van der Waals surface area contributed by atoms with E-state index < -0.39 is 0 Å². The highest BCUT2D eigenvalue weighted by Crippen LogP contribution is 2.17. The number of hydrogen-bond donors (Lipinski definition) is 1. The first kappa shape index (κ1) is 14.6. The average Bonchev–Trinajstić information content (AvgIpc) is 3.00. The van der Waals surface area contributed by atoms with Gasteiger partial charge in [0.2, 0.25) is 0 Å². The summed E-state index contributed by atoms with van der Waals surface area (Å²) in [5, 5.41) is 3.51. The van der Waals surface area contributed by atoms with E-state index in [9.17, 15) is 0 Å². The maximum Gasteiger partial charge on any atom is 0.0400 e. The molecule has 0 aromatic heterocycles. The Bertz CT molecular complexity index is 574. The highest BCUT2D eigenvalue weighted by molar-refractivity contribution is 9.10. The second-order valence-corrected chi connectivity index (χ2v) is 6.58. The number of likely N-dealkylation sites (tertiary alicyclic amines) is 1. The molecule has 0 unspecified atom stereocenters. The van der Waals surface area contributed by atoms with Gasteiger partial charge in [0.05, 0.1) is 0 Å². The molecule has 1 N–H and O–H groups in total. The fraction of sp³-hybridized carbons (Fsp3) is 0.333. The first-order chi connectivity index (χ1) is 10.3. The Morgan fingerprint density at radius 2 is 1.71 bits per heavy atom. The van der Waals surface area contributed by atoms with Crippen LogP contribution in [0.3, 0.4) is 0 Å². The van der Waals surface area contributed by atoms with Gasteiger partial charge in [-0.1, -0.05) is 40.2 Å². The van der Waals surface area contributed by atoms with Crippen molar-refractivity contribution in [1.82, 2.24) is 4.90 Å². The summed E-state index contributed by atoms with van der Waals surface area (Å²) < 4.78 is 1.12. The van der Waals surface area contributed by atoms with E-state index in [0.717, 1.165) is 17.6 Å². The minimum Gasteiger partial charge on any atom is -0.381 e. The predicted molar refractivity (Wildman–Crippen MR) is 92.4 cm³/mol. The van der Waals surface area contributed by atoms with E-state index in [0.29, 0.717) is 0 Å². The maximum absolute atomic E-state index is 3.51. The van der Waals surface area contributed by atoms with Crippen LogP contribution in [0.1, 0.15) is 24.0 Å². The largest absolute Gasteiger partial charge is 0.381 e. The van der Waals surface area contributed by atoms with Crippen molar-refractivity contribution >= 4 is 21.6 Å². The normalized spacial score (nSPS) is 15.3. The summed E-state index contributed by atoms with van der Waals surface area (Å²) in [7, 11) is 0. The molecule has 1 aliphatic heterocycles. The zero-order valence-electron chi connectivity index (χ0n) is 12.2. The van der Waals surface area contributed by atoms with Gasteiger partial charge in [-0.15, -0.1) is 0 Å². The van der Waals surface area contributed by atoms with Crippen LogP contribution < -0.4 is 5.32 Å². The Balaban J connectivity index is 1.58. The third-order valence-corrected chi connectivity index (χ3v) is 4.47. The molecule has 0 spiro atoms. The van der Waals surface area contributed by atoms with Crippen LogP contribution in [0.15, 0.2) is 53.0 Å². The fourth-order valence-electron chi connectivity index (χ4n) is 2.78. The second kappa shape index (κ2) is 7.10. The molecular formula is C18H21BrN2. The molecule has 1 fully saturated rings. The molecule has 1 heterocycles. The van der Waals surface area contributed by atoms with Crippen molar-refractivity contribution in [1.29, 1.82) is 0 Å². The van der Waals surface area contributed by atoms with Crippen LogP contribution in [0.4, 0.5) is 5.69 Å². The number of hydrogen-bond acceptors (Lipinski definition) is 2. The van der Waals surface area contributed by atoms with Crippen LogP contribution >= 0.6 is 15.9 Å². The van der Waals surface area contributed by atoms with E-state index in [2.05, 4.69) is 74.7 Å². The van der Waals surface area contributed by atoms with Crippen LogP contribution in [0.5, 0.6) is 0 Å². The molecule has 110 valence electrons. The lowest BCUT2D eigenvalue weighted by Crippen LogP contribution is -2.18. The minimum atomic E-state index is 0.862. The molecule has 0 saturated carbocycles. The Labute approximate surface area is 135 Å². The maximum atomic E-state index is 3.51. The summed E-state index contributed by atoms with van der Waals surface area (Å²) in [6.07, 6.45) is 2.70. The van der Waals surface area contributed by atoms with Gasteiger partial charge in [-0.25, -0.2) is 0 Å². The molecule has 21 heavy (non-hydrogen) atoms. The van der Waals surface area contributed by atoms with E-state index in [4.69, 9.17) is 0 Å². The van der Waals surface area contributed by atoms with Crippen molar-refractivity contribution < 1.29 is 0 Å². The predicted octanol–water partition coefficient (Wildman–Crippen LogP) is 4.66. The van der Waals surface area contributed by atoms with E-state index in [1.54, 1.807) is 0 Å². The number of benzene rings is 2. The zero-order valence-corrected chi connectivity index (χ0v) is 13.8. The van der Waals surface area contributed by atoms with Crippen molar-refractivity contribution in [2.75, 3.05) is 18.4 Å². The molecule has 0 aliphatic carbocycles. The van der Waals surface area contributed by atoms with Gasteiger partial charge < -0.3 is 5.32 Å². The molecule has 0 amide bonds. The standard InChI is InChI=1S/C18H21BrN2/c19-17-8-6-15(7-9-17)13-20-18-5-3-4-16(12-18)14-21-10-1-2-11-21/h3-9,12,20H,1-2,10-11,13-14H2. The molecule has 2 aromatic rings. The lowest BCUT2D eigenvalue weighted by atomic mass is 10.1. The van der Waals surface area contributed by atoms with Crippen molar-refractivity contribution in [2.45, 2.75) is 25.9 Å². The third-order valence-electron chi connectivity index (χ3n) is 3.94. The van der Waals surface area contributed by atoms with Gasteiger partial charge in [0, 0.05) is 23.2 Å². The van der Waals surface area contributed by atoms with Crippen LogP contribution in [0.25, 0.3) is 0 Å². The minimum absolute atomic E-state index is 0.862. The van der Waals surface area contributed by atoms with Gasteiger partial charge in [0.15, 0.2) is 0 Å². The van der Waals surface area contributed by atoms with E-state index in [1.165, 1.54) is 42.7 Å². The third kappa shape index (κ3) is 4.32. The average molecular weight is 345 g/mol. The summed E-state index contributed by atoms with van der Waals surface area (Å²) in [4.78, 5) is 2.54. The van der Waals surface area contributed by atoms with Crippen molar-refractivity contribution in [3.8, 4) is 0 Å². The first-order valence-corrected chi connectivity index (χ1v) is 8.38. The number of anilines is 1. The Morgan fingerprint density at radius 3 is 2.48 bits per heavy atom. The van der Waals surface area contributed by atoms with Gasteiger partial charge in [0.25, 0.3) is 0 Å². The van der Waals surface area contributed by atoms with Crippen LogP contribution in [-0.2, 0) is 13.1 Å². The molecule has 3 rings (SSSR count). The smallest absolute Gasteiger partial charge is 0.0400 e. The molecule has 0 radical (unpaired) electrons. The monoisotopic (exact) mass is 344 g/mol. The number of rotatable bonds is 5. The quantitative estimate of drug-likeness (QED) is 0.848. The Kier molecular flexibility index (Phi) is 4.94. The summed E-state index contributed by atoms with van der Waals surface area (Å²) in [5.41, 5.74) is 3.90. The second-order valence-electron chi connectivity index (χ2n) is 5.66. The number of nitrogens with one attached hydrogen (secondary N) is 1. The van der Waals surface area contributed by atoms with Gasteiger partial charge >= 0.3 is 0 Å². The van der Waals surface area contributed by atoms with E-state index >= 15 is 0 Å². The number of nitrogens with zero attached hydrogens (tertiary/aromatic N) is 1. The molecule has 2 nitrogen and oxygen atoms in total. The SMILES string of the molecule is Brc1ccc(CNc2cccc(CN3CCCC3)c2)cc1. The Hall–Kier alpha value is -1.32. The molecule has 0 atom stereocenters. The van der Waals surface area contributed by atoms with Gasteiger partial charge in [-0.05, 0) is 61.3 Å². The molecule has 1 aliphatic rings. The van der Waals surface area contributed by atoms with Crippen LogP contribution in [-0.4, -0.2) is 18.0 Å². The van der Waals surface area contributed by atoms with Crippen LogP contribution in [0, 0.1) is 0 Å². The highest BCUT2D eigenvalue weighted by atomic mass is 79.9. The Morgan fingerprint density at radius 1 is 0.952 bits per heavy atom. The molecular weight excluding hydrogens is 324 g/mol. The summed E-state index contributed by atoms with van der Waals surface area (Å²) in [5.74, 6) is 0.